The summed E-state index contributed by atoms with van der Waals surface area (Å²) in [5.41, 5.74) is 4.30. The number of fused-ring (bicyclic) bond motifs is 1. The van der Waals surface area contributed by atoms with Crippen LogP contribution in [0.25, 0.3) is 17.3 Å². The van der Waals surface area contributed by atoms with Crippen molar-refractivity contribution in [3.05, 3.63) is 46.4 Å². The molecule has 1 N–H and O–H groups in total. The van der Waals surface area contributed by atoms with Gasteiger partial charge in [-0.3, -0.25) is 0 Å². The third-order valence-electron chi connectivity index (χ3n) is 5.15. The van der Waals surface area contributed by atoms with Crippen molar-refractivity contribution < 1.29 is 4.52 Å². The van der Waals surface area contributed by atoms with Crippen LogP contribution in [0.5, 0.6) is 0 Å². The lowest BCUT2D eigenvalue weighted by Gasteiger charge is -2.07. The van der Waals surface area contributed by atoms with Crippen LogP contribution in [0.2, 0.25) is 5.02 Å². The van der Waals surface area contributed by atoms with E-state index >= 15 is 0 Å². The SMILES string of the molecule is CNC(C)Cc1noc(-c2nn(-c3ccc(Cl)cc3)c3c2CCCCC3)n1. The minimum atomic E-state index is 0.291. The fraction of sp³-hybridized carbons (Fsp3) is 0.450. The van der Waals surface area contributed by atoms with Crippen molar-refractivity contribution in [2.24, 2.45) is 0 Å². The monoisotopic (exact) mass is 385 g/mol. The fourth-order valence-corrected chi connectivity index (χ4v) is 3.68. The van der Waals surface area contributed by atoms with Crippen LogP contribution in [0, 0.1) is 0 Å². The van der Waals surface area contributed by atoms with E-state index in [1.807, 2.05) is 36.0 Å². The average molecular weight is 386 g/mol. The molecule has 4 rings (SSSR count). The van der Waals surface area contributed by atoms with Gasteiger partial charge in [0.1, 0.15) is 0 Å². The molecule has 0 amide bonds. The molecule has 142 valence electrons. The molecule has 27 heavy (non-hydrogen) atoms. The Morgan fingerprint density at radius 2 is 1.96 bits per heavy atom. The van der Waals surface area contributed by atoms with Crippen LogP contribution in [-0.4, -0.2) is 33.0 Å². The number of rotatable bonds is 5. The Balaban J connectivity index is 1.76. The number of hydrogen-bond acceptors (Lipinski definition) is 5. The maximum Gasteiger partial charge on any atom is 0.278 e. The summed E-state index contributed by atoms with van der Waals surface area (Å²) in [7, 11) is 1.93. The quantitative estimate of drug-likeness (QED) is 0.672. The molecular weight excluding hydrogens is 362 g/mol. The minimum absolute atomic E-state index is 0.291. The zero-order valence-corrected chi connectivity index (χ0v) is 16.5. The summed E-state index contributed by atoms with van der Waals surface area (Å²) in [5, 5.41) is 13.0. The van der Waals surface area contributed by atoms with E-state index in [0.717, 1.165) is 42.1 Å². The minimum Gasteiger partial charge on any atom is -0.332 e. The predicted octanol–water partition coefficient (Wildman–Crippen LogP) is 4.00. The van der Waals surface area contributed by atoms with Crippen LogP contribution in [0.3, 0.4) is 0 Å². The van der Waals surface area contributed by atoms with Gasteiger partial charge in [-0.25, -0.2) is 4.68 Å². The van der Waals surface area contributed by atoms with Crippen LogP contribution < -0.4 is 5.32 Å². The largest absolute Gasteiger partial charge is 0.332 e. The lowest BCUT2D eigenvalue weighted by atomic mass is 10.1. The second kappa shape index (κ2) is 7.82. The highest BCUT2D eigenvalue weighted by molar-refractivity contribution is 6.30. The second-order valence-corrected chi connectivity index (χ2v) is 7.57. The molecule has 1 unspecified atom stereocenters. The van der Waals surface area contributed by atoms with Gasteiger partial charge in [-0.2, -0.15) is 10.1 Å². The van der Waals surface area contributed by atoms with Crippen LogP contribution in [-0.2, 0) is 19.3 Å². The second-order valence-electron chi connectivity index (χ2n) is 7.13. The summed E-state index contributed by atoms with van der Waals surface area (Å²) >= 11 is 6.06. The van der Waals surface area contributed by atoms with Gasteiger partial charge in [0.2, 0.25) is 0 Å². The first-order valence-corrected chi connectivity index (χ1v) is 9.90. The van der Waals surface area contributed by atoms with Gasteiger partial charge in [0, 0.05) is 28.7 Å². The van der Waals surface area contributed by atoms with Gasteiger partial charge < -0.3 is 9.84 Å². The Bertz CT molecular complexity index is 915. The third kappa shape index (κ3) is 3.77. The Hall–Kier alpha value is -2.18. The first-order valence-electron chi connectivity index (χ1n) is 9.52. The fourth-order valence-electron chi connectivity index (χ4n) is 3.55. The van der Waals surface area contributed by atoms with E-state index < -0.39 is 0 Å². The Kier molecular flexibility index (Phi) is 5.27. The van der Waals surface area contributed by atoms with Crippen LogP contribution in [0.15, 0.2) is 28.8 Å². The van der Waals surface area contributed by atoms with Crippen molar-refractivity contribution in [2.45, 2.75) is 51.5 Å². The van der Waals surface area contributed by atoms with Crippen molar-refractivity contribution in [3.63, 3.8) is 0 Å². The molecule has 0 spiro atoms. The van der Waals surface area contributed by atoms with Crippen molar-refractivity contribution in [1.82, 2.24) is 25.2 Å². The highest BCUT2D eigenvalue weighted by Crippen LogP contribution is 2.31. The van der Waals surface area contributed by atoms with Crippen LogP contribution in [0.1, 0.15) is 43.3 Å². The summed E-state index contributed by atoms with van der Waals surface area (Å²) in [4.78, 5) is 4.61. The number of benzene rings is 1. The maximum absolute atomic E-state index is 6.06. The summed E-state index contributed by atoms with van der Waals surface area (Å²) in [6, 6.07) is 8.08. The number of nitrogens with one attached hydrogen (secondary N) is 1. The number of hydrogen-bond donors (Lipinski definition) is 1. The van der Waals surface area contributed by atoms with E-state index in [4.69, 9.17) is 21.2 Å². The molecule has 1 aliphatic rings. The van der Waals surface area contributed by atoms with E-state index in [0.29, 0.717) is 17.8 Å². The molecule has 0 bridgehead atoms. The molecular formula is C20H24ClN5O. The lowest BCUT2D eigenvalue weighted by molar-refractivity contribution is 0.416. The number of likely N-dealkylation sites (N-methyl/N-ethyl adjacent to an activating group) is 1. The number of nitrogens with zero attached hydrogens (tertiary/aromatic N) is 4. The number of aromatic nitrogens is 4. The topological polar surface area (TPSA) is 68.8 Å². The molecule has 7 heteroatoms. The summed E-state index contributed by atoms with van der Waals surface area (Å²) < 4.78 is 7.61. The molecule has 1 atom stereocenters. The van der Waals surface area contributed by atoms with Crippen molar-refractivity contribution in [1.29, 1.82) is 0 Å². The lowest BCUT2D eigenvalue weighted by Crippen LogP contribution is -2.24. The van der Waals surface area contributed by atoms with Gasteiger partial charge in [0.15, 0.2) is 11.5 Å². The molecule has 0 aliphatic heterocycles. The third-order valence-corrected chi connectivity index (χ3v) is 5.41. The summed E-state index contributed by atoms with van der Waals surface area (Å²) in [5.74, 6) is 1.22. The molecule has 6 nitrogen and oxygen atoms in total. The van der Waals surface area contributed by atoms with Gasteiger partial charge >= 0.3 is 0 Å². The number of halogens is 1. The van der Waals surface area contributed by atoms with Crippen LogP contribution >= 0.6 is 11.6 Å². The smallest absolute Gasteiger partial charge is 0.278 e. The first kappa shape index (κ1) is 18.2. The zero-order valence-electron chi connectivity index (χ0n) is 15.7. The van der Waals surface area contributed by atoms with E-state index in [-0.39, 0.29) is 0 Å². The van der Waals surface area contributed by atoms with Crippen molar-refractivity contribution >= 4 is 11.6 Å². The molecule has 1 aromatic carbocycles. The molecule has 0 fully saturated rings. The van der Waals surface area contributed by atoms with E-state index in [1.165, 1.54) is 24.1 Å². The standard InChI is InChI=1S/C20H24ClN5O/c1-13(22-2)12-18-23-20(27-25-18)19-16-6-4-3-5-7-17(16)26(24-19)15-10-8-14(21)9-11-15/h8-11,13,22H,3-7,12H2,1-2H3. The molecule has 2 heterocycles. The predicted molar refractivity (Wildman–Crippen MR) is 105 cm³/mol. The summed E-state index contributed by atoms with van der Waals surface area (Å²) in [6.45, 7) is 2.09. The molecule has 3 aromatic rings. The van der Waals surface area contributed by atoms with Gasteiger partial charge in [-0.1, -0.05) is 23.2 Å². The highest BCUT2D eigenvalue weighted by Gasteiger charge is 2.25. The van der Waals surface area contributed by atoms with Crippen LogP contribution in [0.4, 0.5) is 0 Å². The van der Waals surface area contributed by atoms with Crippen molar-refractivity contribution in [2.75, 3.05) is 7.05 Å². The van der Waals surface area contributed by atoms with Crippen molar-refractivity contribution in [3.8, 4) is 17.3 Å². The Morgan fingerprint density at radius 3 is 2.74 bits per heavy atom. The zero-order chi connectivity index (χ0) is 18.8. The van der Waals surface area contributed by atoms with E-state index in [9.17, 15) is 0 Å². The molecule has 1 aliphatic carbocycles. The van der Waals surface area contributed by atoms with Gasteiger partial charge in [0.05, 0.1) is 5.69 Å². The first-order chi connectivity index (χ1) is 13.2. The normalized spacial score (nSPS) is 15.4. The van der Waals surface area contributed by atoms with Gasteiger partial charge in [0.25, 0.3) is 5.89 Å². The molecule has 0 saturated heterocycles. The Labute approximate surface area is 163 Å². The average Bonchev–Trinajstić information content (AvgIpc) is 3.19. The summed E-state index contributed by atoms with van der Waals surface area (Å²) in [6.07, 6.45) is 6.26. The maximum atomic E-state index is 6.06. The van der Waals surface area contributed by atoms with E-state index in [2.05, 4.69) is 22.4 Å². The molecule has 2 aromatic heterocycles. The molecule has 0 saturated carbocycles. The van der Waals surface area contributed by atoms with Gasteiger partial charge in [-0.15, -0.1) is 0 Å². The van der Waals surface area contributed by atoms with Gasteiger partial charge in [-0.05, 0) is 63.9 Å². The highest BCUT2D eigenvalue weighted by atomic mass is 35.5. The molecule has 0 radical (unpaired) electrons. The Morgan fingerprint density at radius 1 is 1.19 bits per heavy atom. The van der Waals surface area contributed by atoms with E-state index in [1.54, 1.807) is 0 Å².